The summed E-state index contributed by atoms with van der Waals surface area (Å²) in [6.07, 6.45) is 3.38. The van der Waals surface area contributed by atoms with Crippen LogP contribution in [0.2, 0.25) is 0 Å². The van der Waals surface area contributed by atoms with Crippen molar-refractivity contribution in [2.45, 2.75) is 32.2 Å². The Morgan fingerprint density at radius 3 is 2.80 bits per heavy atom. The molecule has 1 aliphatic heterocycles. The maximum absolute atomic E-state index is 12.4. The number of halogens is 1. The first-order valence-corrected chi connectivity index (χ1v) is 8.23. The van der Waals surface area contributed by atoms with Gasteiger partial charge in [-0.25, -0.2) is 0 Å². The van der Waals surface area contributed by atoms with E-state index in [1.165, 1.54) is 0 Å². The Morgan fingerprint density at radius 1 is 1.40 bits per heavy atom. The molecule has 0 aromatic heterocycles. The lowest BCUT2D eigenvalue weighted by Gasteiger charge is -2.34. The fraction of sp³-hybridized carbons (Fsp3) is 0.562. The molecule has 0 atom stereocenters. The third kappa shape index (κ3) is 4.40. The summed E-state index contributed by atoms with van der Waals surface area (Å²) in [5.74, 6) is 0.221. The Kier molecular flexibility index (Phi) is 6.20. The molecule has 0 radical (unpaired) electrons. The molecule has 2 rings (SSSR count). The highest BCUT2D eigenvalue weighted by molar-refractivity contribution is 9.10. The van der Waals surface area contributed by atoms with E-state index in [-0.39, 0.29) is 5.78 Å². The molecule has 3 nitrogen and oxygen atoms in total. The third-order valence-electron chi connectivity index (χ3n) is 3.83. The molecule has 0 saturated carbocycles. The van der Waals surface area contributed by atoms with Gasteiger partial charge in [-0.15, -0.1) is 0 Å². The molecule has 0 aliphatic carbocycles. The molecule has 1 heterocycles. The Labute approximate surface area is 129 Å². The average molecular weight is 339 g/mol. The minimum Gasteiger partial charge on any atom is -0.317 e. The summed E-state index contributed by atoms with van der Waals surface area (Å²) < 4.78 is 0.965. The summed E-state index contributed by atoms with van der Waals surface area (Å²) in [6, 6.07) is 8.24. The smallest absolute Gasteiger partial charge is 0.176 e. The van der Waals surface area contributed by atoms with Crippen LogP contribution in [0.1, 0.15) is 36.5 Å². The Bertz CT molecular complexity index is 444. The van der Waals surface area contributed by atoms with Gasteiger partial charge in [-0.3, -0.25) is 9.69 Å². The Hall–Kier alpha value is -0.710. The van der Waals surface area contributed by atoms with Gasteiger partial charge in [-0.05, 0) is 51.0 Å². The van der Waals surface area contributed by atoms with E-state index in [1.807, 2.05) is 24.3 Å². The summed E-state index contributed by atoms with van der Waals surface area (Å²) in [5, 5.41) is 3.39. The summed E-state index contributed by atoms with van der Waals surface area (Å²) in [6.45, 7) is 5.85. The molecule has 1 fully saturated rings. The van der Waals surface area contributed by atoms with E-state index < -0.39 is 0 Å². The number of carbonyl (C=O) groups is 1. The second-order valence-electron chi connectivity index (χ2n) is 5.39. The van der Waals surface area contributed by atoms with E-state index in [2.05, 4.69) is 33.1 Å². The number of nitrogens with one attached hydrogen (secondary N) is 1. The van der Waals surface area contributed by atoms with Gasteiger partial charge in [0, 0.05) is 16.1 Å². The van der Waals surface area contributed by atoms with Gasteiger partial charge in [0.05, 0.1) is 6.54 Å². The van der Waals surface area contributed by atoms with Crippen molar-refractivity contribution >= 4 is 21.7 Å². The first kappa shape index (κ1) is 15.7. The van der Waals surface area contributed by atoms with E-state index in [0.29, 0.717) is 12.6 Å². The molecule has 1 saturated heterocycles. The average Bonchev–Trinajstić information content (AvgIpc) is 2.47. The topological polar surface area (TPSA) is 32.3 Å². The van der Waals surface area contributed by atoms with Crippen LogP contribution in [0.5, 0.6) is 0 Å². The Balaban J connectivity index is 2.01. The molecule has 20 heavy (non-hydrogen) atoms. The zero-order valence-electron chi connectivity index (χ0n) is 12.1. The number of Topliss-reactive ketones (excluding diaryl/α,β-unsaturated/α-hetero) is 1. The number of rotatable bonds is 6. The normalized spacial score (nSPS) is 16.6. The number of piperidine rings is 1. The van der Waals surface area contributed by atoms with Gasteiger partial charge >= 0.3 is 0 Å². The number of hydrogen-bond acceptors (Lipinski definition) is 3. The van der Waals surface area contributed by atoms with E-state index in [4.69, 9.17) is 0 Å². The molecular weight excluding hydrogens is 316 g/mol. The lowest BCUT2D eigenvalue weighted by Crippen LogP contribution is -2.45. The van der Waals surface area contributed by atoms with Crippen molar-refractivity contribution in [1.82, 2.24) is 10.2 Å². The SMILES string of the molecule is CCCN(CC(=O)c1cccc(Br)c1)C1CCNCC1. The van der Waals surface area contributed by atoms with Crippen molar-refractivity contribution in [3.63, 3.8) is 0 Å². The van der Waals surface area contributed by atoms with E-state index in [1.54, 1.807) is 0 Å². The minimum atomic E-state index is 0.221. The molecule has 1 aromatic rings. The second-order valence-corrected chi connectivity index (χ2v) is 6.30. The second kappa shape index (κ2) is 7.91. The van der Waals surface area contributed by atoms with Crippen molar-refractivity contribution in [3.05, 3.63) is 34.3 Å². The molecule has 0 spiro atoms. The highest BCUT2D eigenvalue weighted by Gasteiger charge is 2.22. The highest BCUT2D eigenvalue weighted by atomic mass is 79.9. The van der Waals surface area contributed by atoms with Crippen molar-refractivity contribution in [3.8, 4) is 0 Å². The van der Waals surface area contributed by atoms with E-state index in [9.17, 15) is 4.79 Å². The van der Waals surface area contributed by atoms with Gasteiger partial charge in [-0.1, -0.05) is 35.0 Å². The quantitative estimate of drug-likeness (QED) is 0.809. The fourth-order valence-corrected chi connectivity index (χ4v) is 3.19. The van der Waals surface area contributed by atoms with Crippen LogP contribution in [0.3, 0.4) is 0 Å². The van der Waals surface area contributed by atoms with Crippen LogP contribution in [0.25, 0.3) is 0 Å². The zero-order chi connectivity index (χ0) is 14.4. The number of ketones is 1. The zero-order valence-corrected chi connectivity index (χ0v) is 13.7. The van der Waals surface area contributed by atoms with Gasteiger partial charge in [-0.2, -0.15) is 0 Å². The van der Waals surface area contributed by atoms with Crippen LogP contribution >= 0.6 is 15.9 Å². The number of nitrogens with zero attached hydrogens (tertiary/aromatic N) is 1. The molecule has 1 aromatic carbocycles. The van der Waals surface area contributed by atoms with Crippen LogP contribution in [0.15, 0.2) is 28.7 Å². The van der Waals surface area contributed by atoms with Crippen LogP contribution in [0.4, 0.5) is 0 Å². The van der Waals surface area contributed by atoms with Gasteiger partial charge in [0.1, 0.15) is 0 Å². The first-order valence-electron chi connectivity index (χ1n) is 7.44. The first-order chi connectivity index (χ1) is 9.70. The van der Waals surface area contributed by atoms with Gasteiger partial charge in [0.2, 0.25) is 0 Å². The molecule has 0 unspecified atom stereocenters. The van der Waals surface area contributed by atoms with Crippen molar-refractivity contribution < 1.29 is 4.79 Å². The van der Waals surface area contributed by atoms with Crippen molar-refractivity contribution in [2.24, 2.45) is 0 Å². The maximum Gasteiger partial charge on any atom is 0.176 e. The lowest BCUT2D eigenvalue weighted by molar-refractivity contribution is 0.0865. The molecule has 4 heteroatoms. The molecular formula is C16H23BrN2O. The van der Waals surface area contributed by atoms with E-state index >= 15 is 0 Å². The molecule has 0 bridgehead atoms. The third-order valence-corrected chi connectivity index (χ3v) is 4.32. The molecule has 0 amide bonds. The van der Waals surface area contributed by atoms with Crippen molar-refractivity contribution in [2.75, 3.05) is 26.2 Å². The minimum absolute atomic E-state index is 0.221. The Morgan fingerprint density at radius 2 is 2.15 bits per heavy atom. The van der Waals surface area contributed by atoms with Gasteiger partial charge < -0.3 is 5.32 Å². The standard InChI is InChI=1S/C16H23BrN2O/c1-2-10-19(15-6-8-18-9-7-15)12-16(20)13-4-3-5-14(17)11-13/h3-5,11,15,18H,2,6-10,12H2,1H3. The van der Waals surface area contributed by atoms with Crippen LogP contribution in [-0.2, 0) is 0 Å². The lowest BCUT2D eigenvalue weighted by atomic mass is 10.0. The monoisotopic (exact) mass is 338 g/mol. The summed E-state index contributed by atoms with van der Waals surface area (Å²) in [4.78, 5) is 14.8. The number of hydrogen-bond donors (Lipinski definition) is 1. The highest BCUT2D eigenvalue weighted by Crippen LogP contribution is 2.16. The largest absolute Gasteiger partial charge is 0.317 e. The van der Waals surface area contributed by atoms with Crippen LogP contribution < -0.4 is 5.32 Å². The van der Waals surface area contributed by atoms with Crippen LogP contribution in [-0.4, -0.2) is 42.9 Å². The molecule has 1 aliphatic rings. The van der Waals surface area contributed by atoms with Crippen molar-refractivity contribution in [1.29, 1.82) is 0 Å². The fourth-order valence-electron chi connectivity index (χ4n) is 2.79. The molecule has 110 valence electrons. The summed E-state index contributed by atoms with van der Waals surface area (Å²) in [7, 11) is 0. The summed E-state index contributed by atoms with van der Waals surface area (Å²) >= 11 is 3.43. The van der Waals surface area contributed by atoms with Gasteiger partial charge in [0.25, 0.3) is 0 Å². The summed E-state index contributed by atoms with van der Waals surface area (Å²) in [5.41, 5.74) is 0.800. The number of carbonyl (C=O) groups excluding carboxylic acids is 1. The predicted octanol–water partition coefficient (Wildman–Crippen LogP) is 3.10. The number of benzene rings is 1. The molecule has 1 N–H and O–H groups in total. The predicted molar refractivity (Wildman–Crippen MR) is 86.2 cm³/mol. The maximum atomic E-state index is 12.4. The van der Waals surface area contributed by atoms with Crippen LogP contribution in [0, 0.1) is 0 Å². The van der Waals surface area contributed by atoms with E-state index in [0.717, 1.165) is 48.9 Å². The van der Waals surface area contributed by atoms with Gasteiger partial charge in [0.15, 0.2) is 5.78 Å².